The molecule has 0 bridgehead atoms. The second-order valence-electron chi connectivity index (χ2n) is 5.30. The molecule has 1 aliphatic carbocycles. The number of hydrogen-bond acceptors (Lipinski definition) is 3. The van der Waals surface area contributed by atoms with Crippen LogP contribution in [0.1, 0.15) is 56.2 Å². The highest BCUT2D eigenvalue weighted by Gasteiger charge is 2.48. The Morgan fingerprint density at radius 2 is 2.13 bits per heavy atom. The van der Waals surface area contributed by atoms with Crippen LogP contribution in [-0.2, 0) is 0 Å². The molecular formula is C12H19N3. The third-order valence-corrected chi connectivity index (χ3v) is 3.35. The molecule has 82 valence electrons. The van der Waals surface area contributed by atoms with Crippen LogP contribution in [0, 0.1) is 12.3 Å². The molecule has 1 aromatic heterocycles. The molecule has 1 aromatic rings. The van der Waals surface area contributed by atoms with Crippen molar-refractivity contribution in [3.05, 3.63) is 23.3 Å². The van der Waals surface area contributed by atoms with Gasteiger partial charge in [0.25, 0.3) is 0 Å². The molecule has 2 atom stereocenters. The fourth-order valence-electron chi connectivity index (χ4n) is 2.02. The Balaban J connectivity index is 2.27. The highest BCUT2D eigenvalue weighted by atomic mass is 14.9. The standard InChI is InChI=1S/C12H19N3/c1-7(13)9-6-14-11(15-8(9)2)10-5-12(10,3)4/h6-7,10H,5,13H2,1-4H3/t7-,10?/m0/s1. The van der Waals surface area contributed by atoms with Crippen LogP contribution in [0.2, 0.25) is 0 Å². The number of rotatable bonds is 2. The zero-order valence-electron chi connectivity index (χ0n) is 9.91. The van der Waals surface area contributed by atoms with E-state index in [1.807, 2.05) is 20.0 Å². The molecule has 1 heterocycles. The van der Waals surface area contributed by atoms with Crippen LogP contribution < -0.4 is 5.73 Å². The lowest BCUT2D eigenvalue weighted by Gasteiger charge is -2.10. The Hall–Kier alpha value is -0.960. The van der Waals surface area contributed by atoms with Crippen LogP contribution in [0.5, 0.6) is 0 Å². The average molecular weight is 205 g/mol. The summed E-state index contributed by atoms with van der Waals surface area (Å²) < 4.78 is 0. The lowest BCUT2D eigenvalue weighted by molar-refractivity contribution is 0.605. The Labute approximate surface area is 91.1 Å². The molecule has 2 rings (SSSR count). The van der Waals surface area contributed by atoms with Crippen molar-refractivity contribution in [3.63, 3.8) is 0 Å². The Kier molecular flexibility index (Phi) is 2.30. The molecule has 3 heteroatoms. The van der Waals surface area contributed by atoms with Gasteiger partial charge in [0.15, 0.2) is 0 Å². The fourth-order valence-corrected chi connectivity index (χ4v) is 2.02. The molecule has 1 aliphatic rings. The third-order valence-electron chi connectivity index (χ3n) is 3.35. The Morgan fingerprint density at radius 3 is 2.53 bits per heavy atom. The number of aryl methyl sites for hydroxylation is 1. The maximum Gasteiger partial charge on any atom is 0.132 e. The van der Waals surface area contributed by atoms with E-state index in [1.54, 1.807) is 0 Å². The van der Waals surface area contributed by atoms with Gasteiger partial charge in [-0.05, 0) is 25.7 Å². The predicted octanol–water partition coefficient (Wildman–Crippen LogP) is 2.32. The summed E-state index contributed by atoms with van der Waals surface area (Å²) in [6, 6.07) is 0.0197. The average Bonchev–Trinajstić information content (AvgIpc) is 2.74. The largest absolute Gasteiger partial charge is 0.324 e. The molecule has 0 aromatic carbocycles. The monoisotopic (exact) mass is 205 g/mol. The van der Waals surface area contributed by atoms with E-state index in [1.165, 1.54) is 6.42 Å². The number of hydrogen-bond donors (Lipinski definition) is 1. The highest BCUT2D eigenvalue weighted by molar-refractivity contribution is 5.23. The molecule has 0 spiro atoms. The van der Waals surface area contributed by atoms with Crippen molar-refractivity contribution in [1.82, 2.24) is 9.97 Å². The molecule has 1 unspecified atom stereocenters. The second-order valence-corrected chi connectivity index (χ2v) is 5.30. The fraction of sp³-hybridized carbons (Fsp3) is 0.667. The maximum atomic E-state index is 5.83. The van der Waals surface area contributed by atoms with Crippen LogP contribution >= 0.6 is 0 Å². The second kappa shape index (κ2) is 3.27. The first kappa shape index (κ1) is 10.6. The third kappa shape index (κ3) is 1.88. The van der Waals surface area contributed by atoms with Crippen LogP contribution in [0.15, 0.2) is 6.20 Å². The highest BCUT2D eigenvalue weighted by Crippen LogP contribution is 2.57. The van der Waals surface area contributed by atoms with Crippen LogP contribution in [0.3, 0.4) is 0 Å². The zero-order chi connectivity index (χ0) is 11.2. The van der Waals surface area contributed by atoms with Crippen molar-refractivity contribution < 1.29 is 0 Å². The molecule has 1 fully saturated rings. The maximum absolute atomic E-state index is 5.83. The van der Waals surface area contributed by atoms with Gasteiger partial charge in [-0.1, -0.05) is 13.8 Å². The van der Waals surface area contributed by atoms with Crippen molar-refractivity contribution in [2.24, 2.45) is 11.1 Å². The van der Waals surface area contributed by atoms with Crippen molar-refractivity contribution in [3.8, 4) is 0 Å². The van der Waals surface area contributed by atoms with Crippen LogP contribution in [0.4, 0.5) is 0 Å². The van der Waals surface area contributed by atoms with Crippen molar-refractivity contribution >= 4 is 0 Å². The normalized spacial score (nSPS) is 25.0. The van der Waals surface area contributed by atoms with Gasteiger partial charge in [0.05, 0.1) is 0 Å². The van der Waals surface area contributed by atoms with Gasteiger partial charge in [0, 0.05) is 29.4 Å². The van der Waals surface area contributed by atoms with Gasteiger partial charge in [-0.3, -0.25) is 0 Å². The van der Waals surface area contributed by atoms with E-state index >= 15 is 0 Å². The molecule has 0 radical (unpaired) electrons. The lowest BCUT2D eigenvalue weighted by Crippen LogP contribution is -2.10. The van der Waals surface area contributed by atoms with E-state index in [4.69, 9.17) is 5.73 Å². The Morgan fingerprint density at radius 1 is 1.53 bits per heavy atom. The van der Waals surface area contributed by atoms with Gasteiger partial charge in [0.2, 0.25) is 0 Å². The summed E-state index contributed by atoms with van der Waals surface area (Å²) in [5.41, 5.74) is 8.30. The molecule has 15 heavy (non-hydrogen) atoms. The van der Waals surface area contributed by atoms with Gasteiger partial charge < -0.3 is 5.73 Å². The lowest BCUT2D eigenvalue weighted by atomic mass is 10.1. The van der Waals surface area contributed by atoms with E-state index in [9.17, 15) is 0 Å². The van der Waals surface area contributed by atoms with Gasteiger partial charge >= 0.3 is 0 Å². The first-order chi connectivity index (χ1) is 6.92. The summed E-state index contributed by atoms with van der Waals surface area (Å²) in [5.74, 6) is 1.53. The van der Waals surface area contributed by atoms with Gasteiger partial charge in [-0.2, -0.15) is 0 Å². The van der Waals surface area contributed by atoms with Gasteiger partial charge in [0.1, 0.15) is 5.82 Å². The summed E-state index contributed by atoms with van der Waals surface area (Å²) in [7, 11) is 0. The van der Waals surface area contributed by atoms with Gasteiger partial charge in [-0.25, -0.2) is 9.97 Å². The minimum Gasteiger partial charge on any atom is -0.324 e. The molecule has 3 nitrogen and oxygen atoms in total. The van der Waals surface area contributed by atoms with E-state index in [0.717, 1.165) is 17.1 Å². The summed E-state index contributed by atoms with van der Waals surface area (Å²) in [4.78, 5) is 8.99. The topological polar surface area (TPSA) is 51.8 Å². The molecular weight excluding hydrogens is 186 g/mol. The molecule has 1 saturated carbocycles. The predicted molar refractivity (Wildman–Crippen MR) is 60.5 cm³/mol. The summed E-state index contributed by atoms with van der Waals surface area (Å²) in [5, 5.41) is 0. The molecule has 0 saturated heterocycles. The smallest absolute Gasteiger partial charge is 0.132 e. The molecule has 0 aliphatic heterocycles. The minimum absolute atomic E-state index is 0.0197. The SMILES string of the molecule is Cc1nc(C2CC2(C)C)ncc1[C@H](C)N. The molecule has 0 amide bonds. The van der Waals surface area contributed by atoms with E-state index < -0.39 is 0 Å². The number of nitrogens with two attached hydrogens (primary N) is 1. The van der Waals surface area contributed by atoms with Crippen molar-refractivity contribution in [2.75, 3.05) is 0 Å². The minimum atomic E-state index is 0.0197. The first-order valence-corrected chi connectivity index (χ1v) is 5.51. The van der Waals surface area contributed by atoms with E-state index in [-0.39, 0.29) is 6.04 Å². The first-order valence-electron chi connectivity index (χ1n) is 5.51. The molecule has 2 N–H and O–H groups in total. The Bertz CT molecular complexity index is 382. The quantitative estimate of drug-likeness (QED) is 0.806. The van der Waals surface area contributed by atoms with Crippen LogP contribution in [-0.4, -0.2) is 9.97 Å². The summed E-state index contributed by atoms with van der Waals surface area (Å²) in [6.07, 6.45) is 3.08. The number of aromatic nitrogens is 2. The van der Waals surface area contributed by atoms with Crippen LogP contribution in [0.25, 0.3) is 0 Å². The number of nitrogens with zero attached hydrogens (tertiary/aromatic N) is 2. The van der Waals surface area contributed by atoms with Crippen molar-refractivity contribution in [1.29, 1.82) is 0 Å². The van der Waals surface area contributed by atoms with Gasteiger partial charge in [-0.15, -0.1) is 0 Å². The summed E-state index contributed by atoms with van der Waals surface area (Å²) >= 11 is 0. The summed E-state index contributed by atoms with van der Waals surface area (Å²) in [6.45, 7) is 8.50. The zero-order valence-corrected chi connectivity index (χ0v) is 9.91. The van der Waals surface area contributed by atoms with Crippen molar-refractivity contribution in [2.45, 2.75) is 46.1 Å². The van der Waals surface area contributed by atoms with E-state index in [2.05, 4.69) is 23.8 Å². The van der Waals surface area contributed by atoms with E-state index in [0.29, 0.717) is 11.3 Å².